The van der Waals surface area contributed by atoms with E-state index in [0.29, 0.717) is 5.95 Å². The number of aromatic nitrogens is 4. The van der Waals surface area contributed by atoms with Gasteiger partial charge in [-0.05, 0) is 12.1 Å². The fourth-order valence-electron chi connectivity index (χ4n) is 1.98. The van der Waals surface area contributed by atoms with Gasteiger partial charge in [-0.2, -0.15) is 0 Å². The summed E-state index contributed by atoms with van der Waals surface area (Å²) in [7, 11) is 0. The van der Waals surface area contributed by atoms with Crippen LogP contribution in [0.5, 0.6) is 0 Å². The van der Waals surface area contributed by atoms with Crippen molar-refractivity contribution in [3.63, 3.8) is 0 Å². The van der Waals surface area contributed by atoms with Crippen LogP contribution in [-0.4, -0.2) is 37.1 Å². The zero-order valence-electron chi connectivity index (χ0n) is 10.5. The average molecular weight is 271 g/mol. The number of benzene rings is 1. The van der Waals surface area contributed by atoms with Gasteiger partial charge < -0.3 is 14.7 Å². The SMILES string of the molecule is O=C(Nc1nc2ccccc2[nH]1)[C@H](CO)n1ccnc1. The standard InChI is InChI=1S/C13H13N5O2/c19-7-11(18-6-5-14-8-18)12(20)17-13-15-9-3-1-2-4-10(9)16-13/h1-6,8,11,19H,7H2,(H2,15,16,17,20)/t11-/m0/s1. The topological polar surface area (TPSA) is 95.8 Å². The highest BCUT2D eigenvalue weighted by atomic mass is 16.3. The molecule has 2 heterocycles. The minimum atomic E-state index is -0.731. The lowest BCUT2D eigenvalue weighted by molar-refractivity contribution is -0.120. The average Bonchev–Trinajstić information content (AvgIpc) is 3.07. The zero-order chi connectivity index (χ0) is 13.9. The number of amides is 1. The van der Waals surface area contributed by atoms with Crippen molar-refractivity contribution in [1.82, 2.24) is 19.5 Å². The molecule has 0 unspecified atom stereocenters. The third-order valence-corrected chi connectivity index (χ3v) is 2.99. The van der Waals surface area contributed by atoms with Crippen molar-refractivity contribution in [2.45, 2.75) is 6.04 Å². The van der Waals surface area contributed by atoms with Gasteiger partial charge in [0.1, 0.15) is 6.04 Å². The highest BCUT2D eigenvalue weighted by Crippen LogP contribution is 2.15. The molecule has 1 amide bonds. The Morgan fingerprint density at radius 2 is 2.30 bits per heavy atom. The third-order valence-electron chi connectivity index (χ3n) is 2.99. The van der Waals surface area contributed by atoms with E-state index in [0.717, 1.165) is 11.0 Å². The molecule has 0 radical (unpaired) electrons. The maximum Gasteiger partial charge on any atom is 0.252 e. The maximum atomic E-state index is 12.1. The van der Waals surface area contributed by atoms with Crippen LogP contribution in [0.3, 0.4) is 0 Å². The Kier molecular flexibility index (Phi) is 3.18. The second-order valence-corrected chi connectivity index (χ2v) is 4.30. The highest BCUT2D eigenvalue weighted by Gasteiger charge is 2.20. The number of aliphatic hydroxyl groups excluding tert-OH is 1. The van der Waals surface area contributed by atoms with Crippen molar-refractivity contribution >= 4 is 22.9 Å². The monoisotopic (exact) mass is 271 g/mol. The summed E-state index contributed by atoms with van der Waals surface area (Å²) < 4.78 is 1.54. The molecular formula is C13H13N5O2. The molecule has 2 aromatic heterocycles. The van der Waals surface area contributed by atoms with Crippen LogP contribution >= 0.6 is 0 Å². The number of aliphatic hydroxyl groups is 1. The van der Waals surface area contributed by atoms with E-state index in [4.69, 9.17) is 0 Å². The molecule has 3 aromatic rings. The molecule has 0 spiro atoms. The third kappa shape index (κ3) is 2.26. The Hall–Kier alpha value is -2.67. The lowest BCUT2D eigenvalue weighted by Crippen LogP contribution is -2.28. The minimum absolute atomic E-state index is 0.317. The molecule has 0 saturated heterocycles. The molecule has 7 heteroatoms. The van der Waals surface area contributed by atoms with E-state index in [1.54, 1.807) is 12.4 Å². The molecule has 0 saturated carbocycles. The predicted octanol–water partition coefficient (Wildman–Crippen LogP) is 0.931. The normalized spacial score (nSPS) is 12.4. The first-order valence-electron chi connectivity index (χ1n) is 6.12. The van der Waals surface area contributed by atoms with E-state index in [1.807, 2.05) is 24.3 Å². The summed E-state index contributed by atoms with van der Waals surface area (Å²) in [6.45, 7) is -0.317. The fraction of sp³-hybridized carbons (Fsp3) is 0.154. The van der Waals surface area contributed by atoms with E-state index < -0.39 is 6.04 Å². The number of carbonyl (C=O) groups is 1. The number of imidazole rings is 2. The van der Waals surface area contributed by atoms with Gasteiger partial charge in [-0.25, -0.2) is 9.97 Å². The fourth-order valence-corrected chi connectivity index (χ4v) is 1.98. The second-order valence-electron chi connectivity index (χ2n) is 4.30. The van der Waals surface area contributed by atoms with E-state index in [-0.39, 0.29) is 12.5 Å². The summed E-state index contributed by atoms with van der Waals surface area (Å²) >= 11 is 0. The number of carbonyl (C=O) groups excluding carboxylic acids is 1. The number of anilines is 1. The van der Waals surface area contributed by atoms with Crippen LogP contribution < -0.4 is 5.32 Å². The van der Waals surface area contributed by atoms with Gasteiger partial charge in [0.15, 0.2) is 0 Å². The van der Waals surface area contributed by atoms with Crippen molar-refractivity contribution < 1.29 is 9.90 Å². The molecule has 3 rings (SSSR count). The van der Waals surface area contributed by atoms with Crippen LogP contribution in [-0.2, 0) is 4.79 Å². The summed E-state index contributed by atoms with van der Waals surface area (Å²) in [4.78, 5) is 23.3. The second kappa shape index (κ2) is 5.14. The number of H-pyrrole nitrogens is 1. The molecule has 3 N–H and O–H groups in total. The molecule has 0 fully saturated rings. The molecule has 7 nitrogen and oxygen atoms in total. The summed E-state index contributed by atoms with van der Waals surface area (Å²) in [5, 5.41) is 12.0. The first-order valence-corrected chi connectivity index (χ1v) is 6.12. The van der Waals surface area contributed by atoms with Gasteiger partial charge in [-0.15, -0.1) is 0 Å². The van der Waals surface area contributed by atoms with Gasteiger partial charge in [0, 0.05) is 12.4 Å². The molecular weight excluding hydrogens is 258 g/mol. The number of fused-ring (bicyclic) bond motifs is 1. The summed E-state index contributed by atoms with van der Waals surface area (Å²) in [5.74, 6) is -0.000628. The molecule has 102 valence electrons. The van der Waals surface area contributed by atoms with Crippen LogP contribution in [0.25, 0.3) is 11.0 Å². The first-order chi connectivity index (χ1) is 9.78. The number of hydrogen-bond acceptors (Lipinski definition) is 4. The molecule has 0 aliphatic carbocycles. The predicted molar refractivity (Wildman–Crippen MR) is 73.1 cm³/mol. The Balaban J connectivity index is 1.81. The van der Waals surface area contributed by atoms with Crippen molar-refractivity contribution in [3.8, 4) is 0 Å². The number of nitrogens with zero attached hydrogens (tertiary/aromatic N) is 3. The van der Waals surface area contributed by atoms with Gasteiger partial charge in [-0.1, -0.05) is 12.1 Å². The zero-order valence-corrected chi connectivity index (χ0v) is 10.5. The lowest BCUT2D eigenvalue weighted by atomic mass is 10.3. The summed E-state index contributed by atoms with van der Waals surface area (Å²) in [6.07, 6.45) is 4.66. The first kappa shape index (κ1) is 12.4. The molecule has 20 heavy (non-hydrogen) atoms. The van der Waals surface area contributed by atoms with Gasteiger partial charge in [0.05, 0.1) is 24.0 Å². The number of para-hydroxylation sites is 2. The smallest absolute Gasteiger partial charge is 0.252 e. The Labute approximate surface area is 114 Å². The lowest BCUT2D eigenvalue weighted by Gasteiger charge is -2.14. The van der Waals surface area contributed by atoms with Crippen LogP contribution in [0.1, 0.15) is 6.04 Å². The van der Waals surface area contributed by atoms with Gasteiger partial charge in [0.25, 0.3) is 5.91 Å². The van der Waals surface area contributed by atoms with Gasteiger partial charge in [0.2, 0.25) is 5.95 Å². The molecule has 1 atom stereocenters. The van der Waals surface area contributed by atoms with Gasteiger partial charge >= 0.3 is 0 Å². The number of hydrogen-bond donors (Lipinski definition) is 3. The van der Waals surface area contributed by atoms with E-state index >= 15 is 0 Å². The summed E-state index contributed by atoms with van der Waals surface area (Å²) in [5.41, 5.74) is 1.61. The summed E-state index contributed by atoms with van der Waals surface area (Å²) in [6, 6.07) is 6.74. The Morgan fingerprint density at radius 1 is 1.45 bits per heavy atom. The molecule has 0 aliphatic rings. The molecule has 0 bridgehead atoms. The van der Waals surface area contributed by atoms with Crippen LogP contribution in [0, 0.1) is 0 Å². The van der Waals surface area contributed by atoms with Crippen LogP contribution in [0.4, 0.5) is 5.95 Å². The molecule has 0 aliphatic heterocycles. The van der Waals surface area contributed by atoms with E-state index in [9.17, 15) is 9.90 Å². The van der Waals surface area contributed by atoms with Crippen molar-refractivity contribution in [1.29, 1.82) is 0 Å². The number of nitrogens with one attached hydrogen (secondary N) is 2. The highest BCUT2D eigenvalue weighted by molar-refractivity contribution is 5.93. The molecule has 1 aromatic carbocycles. The largest absolute Gasteiger partial charge is 0.394 e. The Morgan fingerprint density at radius 3 is 3.00 bits per heavy atom. The van der Waals surface area contributed by atoms with Crippen molar-refractivity contribution in [3.05, 3.63) is 43.0 Å². The van der Waals surface area contributed by atoms with Crippen molar-refractivity contribution in [2.24, 2.45) is 0 Å². The maximum absolute atomic E-state index is 12.1. The van der Waals surface area contributed by atoms with Crippen LogP contribution in [0.2, 0.25) is 0 Å². The van der Waals surface area contributed by atoms with Gasteiger partial charge in [-0.3, -0.25) is 10.1 Å². The minimum Gasteiger partial charge on any atom is -0.394 e. The quantitative estimate of drug-likeness (QED) is 0.657. The van der Waals surface area contributed by atoms with Crippen molar-refractivity contribution in [2.75, 3.05) is 11.9 Å². The number of aromatic amines is 1. The van der Waals surface area contributed by atoms with E-state index in [2.05, 4.69) is 20.3 Å². The van der Waals surface area contributed by atoms with E-state index in [1.165, 1.54) is 10.9 Å². The Bertz CT molecular complexity index is 686. The van der Waals surface area contributed by atoms with Crippen LogP contribution in [0.15, 0.2) is 43.0 Å². The number of rotatable bonds is 4.